The minimum absolute atomic E-state index is 0.00404. The van der Waals surface area contributed by atoms with Gasteiger partial charge in [-0.3, -0.25) is 9.58 Å². The molecule has 4 heterocycles. The minimum Gasteiger partial charge on any atom is -0.454 e. The van der Waals surface area contributed by atoms with E-state index in [9.17, 15) is 8.42 Å². The number of benzene rings is 2. The standard InChI is InChI=1S/C22H21N3O4S/c1-24-10-16(8-23-24)15-3-5-21-17(7-15)18-11-25(12-22(18)30(21,26)27)9-14-2-4-19-20(6-14)29-13-28-19/h2-8,10,18,22H,9,11-13H2,1H3/t18-,22+/m0/s1. The number of hydrogen-bond donors (Lipinski definition) is 0. The van der Waals surface area contributed by atoms with Crippen molar-refractivity contribution >= 4 is 9.84 Å². The molecule has 7 nitrogen and oxygen atoms in total. The number of aryl methyl sites for hydroxylation is 1. The molecule has 0 spiro atoms. The molecule has 0 amide bonds. The second-order valence-electron chi connectivity index (χ2n) is 8.23. The van der Waals surface area contributed by atoms with Gasteiger partial charge in [0.05, 0.1) is 16.3 Å². The second-order valence-corrected chi connectivity index (χ2v) is 10.4. The number of likely N-dealkylation sites (tertiary alicyclic amines) is 1. The number of fused-ring (bicyclic) bond motifs is 4. The molecule has 30 heavy (non-hydrogen) atoms. The van der Waals surface area contributed by atoms with Crippen molar-refractivity contribution in [2.24, 2.45) is 7.05 Å². The third kappa shape index (κ3) is 2.67. The van der Waals surface area contributed by atoms with Crippen molar-refractivity contribution in [1.82, 2.24) is 14.7 Å². The van der Waals surface area contributed by atoms with Crippen LogP contribution in [0.2, 0.25) is 0 Å². The second kappa shape index (κ2) is 6.33. The Morgan fingerprint density at radius 1 is 1.07 bits per heavy atom. The molecule has 1 saturated heterocycles. The Kier molecular flexibility index (Phi) is 3.79. The smallest absolute Gasteiger partial charge is 0.231 e. The lowest BCUT2D eigenvalue weighted by Gasteiger charge is -2.17. The Bertz CT molecular complexity index is 1270. The van der Waals surface area contributed by atoms with Crippen molar-refractivity contribution in [1.29, 1.82) is 0 Å². The molecule has 0 aliphatic carbocycles. The van der Waals surface area contributed by atoms with Gasteiger partial charge >= 0.3 is 0 Å². The number of rotatable bonds is 3. The van der Waals surface area contributed by atoms with Gasteiger partial charge in [0, 0.05) is 44.4 Å². The summed E-state index contributed by atoms with van der Waals surface area (Å²) in [5.74, 6) is 1.51. The normalized spacial score (nSPS) is 23.5. The molecule has 6 rings (SSSR count). The zero-order chi connectivity index (χ0) is 20.5. The van der Waals surface area contributed by atoms with E-state index in [1.54, 1.807) is 10.7 Å². The van der Waals surface area contributed by atoms with E-state index in [4.69, 9.17) is 9.47 Å². The van der Waals surface area contributed by atoms with E-state index in [0.717, 1.165) is 40.3 Å². The lowest BCUT2D eigenvalue weighted by molar-refractivity contribution is 0.174. The summed E-state index contributed by atoms with van der Waals surface area (Å²) in [6.07, 6.45) is 3.76. The van der Waals surface area contributed by atoms with Gasteiger partial charge in [-0.05, 0) is 41.0 Å². The maximum absolute atomic E-state index is 13.2. The first-order chi connectivity index (χ1) is 14.5. The van der Waals surface area contributed by atoms with Crippen LogP contribution >= 0.6 is 0 Å². The summed E-state index contributed by atoms with van der Waals surface area (Å²) in [6, 6.07) is 11.6. The summed E-state index contributed by atoms with van der Waals surface area (Å²) in [5, 5.41) is 3.85. The molecule has 3 aliphatic rings. The van der Waals surface area contributed by atoms with E-state index in [2.05, 4.69) is 10.00 Å². The highest BCUT2D eigenvalue weighted by molar-refractivity contribution is 7.92. The Hall–Kier alpha value is -2.84. The third-order valence-corrected chi connectivity index (χ3v) is 8.60. The van der Waals surface area contributed by atoms with Gasteiger partial charge in [-0.15, -0.1) is 0 Å². The molecule has 3 aromatic rings. The van der Waals surface area contributed by atoms with Crippen LogP contribution in [-0.2, 0) is 23.4 Å². The fourth-order valence-corrected chi connectivity index (χ4v) is 7.10. The molecular formula is C22H21N3O4S. The lowest BCUT2D eigenvalue weighted by atomic mass is 9.95. The fraction of sp³-hybridized carbons (Fsp3) is 0.318. The van der Waals surface area contributed by atoms with E-state index in [-0.39, 0.29) is 18.0 Å². The van der Waals surface area contributed by atoms with Crippen LogP contribution in [0.15, 0.2) is 53.7 Å². The number of ether oxygens (including phenoxy) is 2. The van der Waals surface area contributed by atoms with Crippen molar-refractivity contribution in [2.75, 3.05) is 19.9 Å². The average Bonchev–Trinajstić information content (AvgIpc) is 3.48. The van der Waals surface area contributed by atoms with Gasteiger partial charge in [0.15, 0.2) is 21.3 Å². The molecule has 0 radical (unpaired) electrons. The maximum atomic E-state index is 13.2. The van der Waals surface area contributed by atoms with Gasteiger partial charge < -0.3 is 9.47 Å². The molecule has 2 aromatic carbocycles. The first kappa shape index (κ1) is 18.0. The van der Waals surface area contributed by atoms with E-state index in [1.165, 1.54) is 0 Å². The zero-order valence-corrected chi connectivity index (χ0v) is 17.3. The van der Waals surface area contributed by atoms with Crippen LogP contribution in [0.25, 0.3) is 11.1 Å². The molecule has 3 aliphatic heterocycles. The topological polar surface area (TPSA) is 73.7 Å². The summed E-state index contributed by atoms with van der Waals surface area (Å²) in [7, 11) is -1.44. The molecule has 154 valence electrons. The third-order valence-electron chi connectivity index (χ3n) is 6.34. The Morgan fingerprint density at radius 3 is 2.77 bits per heavy atom. The molecule has 0 saturated carbocycles. The first-order valence-electron chi connectivity index (χ1n) is 9.97. The first-order valence-corrected chi connectivity index (χ1v) is 11.5. The van der Waals surface area contributed by atoms with Crippen LogP contribution in [-0.4, -0.2) is 48.2 Å². The predicted molar refractivity (Wildman–Crippen MR) is 110 cm³/mol. The monoisotopic (exact) mass is 423 g/mol. The summed E-state index contributed by atoms with van der Waals surface area (Å²) in [6.45, 7) is 2.21. The van der Waals surface area contributed by atoms with Crippen LogP contribution < -0.4 is 9.47 Å². The maximum Gasteiger partial charge on any atom is 0.231 e. The highest BCUT2D eigenvalue weighted by Crippen LogP contribution is 2.46. The number of aromatic nitrogens is 2. The molecule has 0 unspecified atom stereocenters. The Morgan fingerprint density at radius 2 is 1.93 bits per heavy atom. The summed E-state index contributed by atoms with van der Waals surface area (Å²) in [5.41, 5.74) is 4.04. The van der Waals surface area contributed by atoms with Gasteiger partial charge in [0.25, 0.3) is 0 Å². The summed E-state index contributed by atoms with van der Waals surface area (Å²) >= 11 is 0. The Balaban J connectivity index is 1.30. The van der Waals surface area contributed by atoms with E-state index in [0.29, 0.717) is 18.0 Å². The molecule has 1 fully saturated rings. The lowest BCUT2D eigenvalue weighted by Crippen LogP contribution is -2.25. The van der Waals surface area contributed by atoms with Crippen molar-refractivity contribution < 1.29 is 17.9 Å². The predicted octanol–water partition coefficient (Wildman–Crippen LogP) is 2.57. The molecule has 1 aromatic heterocycles. The van der Waals surface area contributed by atoms with Gasteiger partial charge in [-0.2, -0.15) is 5.10 Å². The fourth-order valence-electron chi connectivity index (χ4n) is 4.90. The molecule has 2 atom stereocenters. The van der Waals surface area contributed by atoms with E-state index >= 15 is 0 Å². The highest BCUT2D eigenvalue weighted by atomic mass is 32.2. The molecule has 8 heteroatoms. The quantitative estimate of drug-likeness (QED) is 0.645. The van der Waals surface area contributed by atoms with Gasteiger partial charge in [-0.25, -0.2) is 8.42 Å². The van der Waals surface area contributed by atoms with Gasteiger partial charge in [0.2, 0.25) is 6.79 Å². The average molecular weight is 423 g/mol. The van der Waals surface area contributed by atoms with Crippen LogP contribution in [0.5, 0.6) is 11.5 Å². The van der Waals surface area contributed by atoms with Crippen molar-refractivity contribution in [3.8, 4) is 22.6 Å². The molecule has 0 bridgehead atoms. The van der Waals surface area contributed by atoms with Crippen molar-refractivity contribution in [3.05, 3.63) is 59.9 Å². The van der Waals surface area contributed by atoms with Gasteiger partial charge in [0.1, 0.15) is 0 Å². The van der Waals surface area contributed by atoms with Gasteiger partial charge in [-0.1, -0.05) is 12.1 Å². The van der Waals surface area contributed by atoms with Crippen LogP contribution in [0.1, 0.15) is 17.0 Å². The largest absolute Gasteiger partial charge is 0.454 e. The minimum atomic E-state index is -3.32. The number of nitrogens with zero attached hydrogens (tertiary/aromatic N) is 3. The summed E-state index contributed by atoms with van der Waals surface area (Å²) in [4.78, 5) is 2.72. The van der Waals surface area contributed by atoms with E-state index in [1.807, 2.05) is 49.8 Å². The van der Waals surface area contributed by atoms with E-state index < -0.39 is 9.84 Å². The SMILES string of the molecule is Cn1cc(-c2ccc3c(c2)[C@@H]2CN(Cc4ccc5c(c4)OCO5)C[C@H]2S3(=O)=O)cn1. The molecule has 0 N–H and O–H groups in total. The van der Waals surface area contributed by atoms with Crippen LogP contribution in [0, 0.1) is 0 Å². The highest BCUT2D eigenvalue weighted by Gasteiger charge is 2.50. The number of sulfone groups is 1. The van der Waals surface area contributed by atoms with Crippen molar-refractivity contribution in [2.45, 2.75) is 22.6 Å². The van der Waals surface area contributed by atoms with Crippen LogP contribution in [0.3, 0.4) is 0 Å². The molecular weight excluding hydrogens is 402 g/mol. The van der Waals surface area contributed by atoms with Crippen molar-refractivity contribution in [3.63, 3.8) is 0 Å². The summed E-state index contributed by atoms with van der Waals surface area (Å²) < 4.78 is 39.0. The number of hydrogen-bond acceptors (Lipinski definition) is 6. The van der Waals surface area contributed by atoms with Crippen LogP contribution in [0.4, 0.5) is 0 Å². The zero-order valence-electron chi connectivity index (χ0n) is 16.5. The Labute approximate surface area is 174 Å².